The van der Waals surface area contributed by atoms with Crippen molar-refractivity contribution < 1.29 is 20.4 Å². The Morgan fingerprint density at radius 2 is 1.12 bits per heavy atom. The van der Waals surface area contributed by atoms with E-state index >= 15 is 0 Å². The third-order valence-electron chi connectivity index (χ3n) is 2.78. The zero-order valence-corrected chi connectivity index (χ0v) is 15.3. The van der Waals surface area contributed by atoms with Crippen LogP contribution in [-0.4, -0.2) is 27.0 Å². The molecule has 26 heavy (non-hydrogen) atoms. The third kappa shape index (κ3) is 13.6. The van der Waals surface area contributed by atoms with Crippen LogP contribution >= 0.6 is 0 Å². The first-order valence-corrected chi connectivity index (χ1v) is 8.28. The molecule has 0 spiro atoms. The minimum absolute atomic E-state index is 0.140. The molecule has 0 aliphatic carbocycles. The molecule has 0 saturated carbocycles. The Morgan fingerprint density at radius 3 is 1.38 bits per heavy atom. The van der Waals surface area contributed by atoms with E-state index < -0.39 is 0 Å². The van der Waals surface area contributed by atoms with Gasteiger partial charge in [-0.3, -0.25) is 0 Å². The molecule has 0 heterocycles. The van der Waals surface area contributed by atoms with Crippen LogP contribution in [0.25, 0.3) is 0 Å². The van der Waals surface area contributed by atoms with E-state index in [1.807, 2.05) is 55.5 Å². The smallest absolute Gasteiger partial charge is 0.115 e. The molecule has 3 aromatic rings. The summed E-state index contributed by atoms with van der Waals surface area (Å²) in [5.74, 6) is 0.660. The van der Waals surface area contributed by atoms with Crippen LogP contribution in [0.5, 0.6) is 11.5 Å². The van der Waals surface area contributed by atoms with E-state index in [1.165, 1.54) is 0 Å². The highest BCUT2D eigenvalue weighted by Crippen LogP contribution is 2.08. The van der Waals surface area contributed by atoms with Gasteiger partial charge in [-0.2, -0.15) is 0 Å². The lowest BCUT2D eigenvalue weighted by Gasteiger charge is -1.89. The summed E-state index contributed by atoms with van der Waals surface area (Å²) in [5, 5.41) is 33.6. The number of aliphatic hydroxyl groups excluding tert-OH is 2. The summed E-state index contributed by atoms with van der Waals surface area (Å²) in [6, 6.07) is 25.4. The molecular formula is C22H28O4. The lowest BCUT2D eigenvalue weighted by molar-refractivity contribution is 0.282. The summed E-state index contributed by atoms with van der Waals surface area (Å²) in [6.45, 7) is 4.01. The largest absolute Gasteiger partial charge is 0.508 e. The van der Waals surface area contributed by atoms with Gasteiger partial charge in [-0.05, 0) is 49.2 Å². The van der Waals surface area contributed by atoms with Crippen LogP contribution in [0.2, 0.25) is 0 Å². The molecule has 3 aromatic carbocycles. The predicted molar refractivity (Wildman–Crippen MR) is 106 cm³/mol. The maximum Gasteiger partial charge on any atom is 0.115 e. The Bertz CT molecular complexity index is 653. The lowest BCUT2D eigenvalue weighted by Crippen LogP contribution is -1.77. The summed E-state index contributed by atoms with van der Waals surface area (Å²) < 4.78 is 0. The molecule has 140 valence electrons. The van der Waals surface area contributed by atoms with Crippen LogP contribution in [0.1, 0.15) is 18.1 Å². The minimum atomic E-state index is 0.140. The minimum Gasteiger partial charge on any atom is -0.508 e. The zero-order chi connectivity index (χ0) is 19.6. The van der Waals surface area contributed by atoms with Crippen LogP contribution in [0.4, 0.5) is 0 Å². The molecular weight excluding hydrogens is 328 g/mol. The monoisotopic (exact) mass is 356 g/mol. The lowest BCUT2D eigenvalue weighted by atomic mass is 10.2. The van der Waals surface area contributed by atoms with Gasteiger partial charge in [0.25, 0.3) is 0 Å². The van der Waals surface area contributed by atoms with E-state index in [9.17, 15) is 0 Å². The standard InChI is InChI=1S/2C7H8O.C6H6O.C2H6O/c1-6-3-2-4-7(8)5-6;8-6-7-4-2-1-3-5-7;7-6-4-2-1-3-5-6;1-2-3/h2-5,8H,1H3;1-5,8H,6H2;1-5,7H;3H,2H2,1H3. The van der Waals surface area contributed by atoms with Crippen molar-refractivity contribution in [2.45, 2.75) is 20.5 Å². The third-order valence-corrected chi connectivity index (χ3v) is 2.78. The van der Waals surface area contributed by atoms with Gasteiger partial charge in [0.2, 0.25) is 0 Å². The topological polar surface area (TPSA) is 80.9 Å². The van der Waals surface area contributed by atoms with Gasteiger partial charge in [0.1, 0.15) is 11.5 Å². The summed E-state index contributed by atoms with van der Waals surface area (Å²) in [4.78, 5) is 0. The Labute approximate surface area is 155 Å². The van der Waals surface area contributed by atoms with E-state index in [0.717, 1.165) is 11.1 Å². The summed E-state index contributed by atoms with van der Waals surface area (Å²) in [6.07, 6.45) is 0. The van der Waals surface area contributed by atoms with E-state index in [1.54, 1.807) is 43.3 Å². The van der Waals surface area contributed by atoms with E-state index in [0.29, 0.717) is 11.5 Å². The molecule has 4 N–H and O–H groups in total. The number of aliphatic hydroxyl groups is 2. The number of aromatic hydroxyl groups is 2. The van der Waals surface area contributed by atoms with Gasteiger partial charge < -0.3 is 20.4 Å². The van der Waals surface area contributed by atoms with Crippen molar-refractivity contribution in [1.29, 1.82) is 0 Å². The second-order valence-corrected chi connectivity index (χ2v) is 5.13. The van der Waals surface area contributed by atoms with Crippen molar-refractivity contribution in [1.82, 2.24) is 0 Å². The molecule has 0 atom stereocenters. The normalized spacial score (nSPS) is 8.62. The molecule has 3 rings (SSSR count). The second-order valence-electron chi connectivity index (χ2n) is 5.13. The van der Waals surface area contributed by atoms with Crippen LogP contribution < -0.4 is 0 Å². The maximum absolute atomic E-state index is 8.81. The van der Waals surface area contributed by atoms with E-state index in [2.05, 4.69) is 0 Å². The Morgan fingerprint density at radius 1 is 0.654 bits per heavy atom. The van der Waals surface area contributed by atoms with E-state index in [-0.39, 0.29) is 13.2 Å². The van der Waals surface area contributed by atoms with Gasteiger partial charge in [0.15, 0.2) is 0 Å². The fraction of sp³-hybridized carbons (Fsp3) is 0.182. The fourth-order valence-corrected chi connectivity index (χ4v) is 1.64. The van der Waals surface area contributed by atoms with Gasteiger partial charge in [-0.1, -0.05) is 60.7 Å². The summed E-state index contributed by atoms with van der Waals surface area (Å²) in [5.41, 5.74) is 2.05. The van der Waals surface area contributed by atoms with Gasteiger partial charge in [-0.25, -0.2) is 0 Å². The molecule has 0 fully saturated rings. The van der Waals surface area contributed by atoms with Crippen molar-refractivity contribution in [2.24, 2.45) is 0 Å². The maximum atomic E-state index is 8.81. The highest BCUT2D eigenvalue weighted by molar-refractivity contribution is 5.25. The number of para-hydroxylation sites is 1. The van der Waals surface area contributed by atoms with Crippen LogP contribution in [0.15, 0.2) is 84.9 Å². The zero-order valence-electron chi connectivity index (χ0n) is 15.3. The van der Waals surface area contributed by atoms with Crippen molar-refractivity contribution in [3.63, 3.8) is 0 Å². The number of hydrogen-bond acceptors (Lipinski definition) is 4. The SMILES string of the molecule is CCO.Cc1cccc(O)c1.OCc1ccccc1.Oc1ccccc1. The highest BCUT2D eigenvalue weighted by Gasteiger charge is 1.83. The second kappa shape index (κ2) is 15.7. The number of hydrogen-bond donors (Lipinski definition) is 4. The Kier molecular flexibility index (Phi) is 14.0. The Hall–Kier alpha value is -2.82. The van der Waals surface area contributed by atoms with Crippen molar-refractivity contribution >= 4 is 0 Å². The molecule has 4 nitrogen and oxygen atoms in total. The van der Waals surface area contributed by atoms with Crippen LogP contribution in [0, 0.1) is 6.92 Å². The highest BCUT2D eigenvalue weighted by atomic mass is 16.3. The number of phenols is 2. The molecule has 0 bridgehead atoms. The quantitative estimate of drug-likeness (QED) is 0.525. The van der Waals surface area contributed by atoms with E-state index in [4.69, 9.17) is 20.4 Å². The molecule has 0 aliphatic rings. The molecule has 0 aliphatic heterocycles. The average molecular weight is 356 g/mol. The molecule has 4 heteroatoms. The van der Waals surface area contributed by atoms with Crippen molar-refractivity contribution in [3.8, 4) is 11.5 Å². The van der Waals surface area contributed by atoms with Crippen molar-refractivity contribution in [3.05, 3.63) is 96.1 Å². The predicted octanol–water partition coefficient (Wildman–Crippen LogP) is 4.27. The molecule has 0 amide bonds. The van der Waals surface area contributed by atoms with Gasteiger partial charge in [0.05, 0.1) is 6.61 Å². The number of phenolic OH excluding ortho intramolecular Hbond substituents is 2. The van der Waals surface area contributed by atoms with Gasteiger partial charge in [-0.15, -0.1) is 0 Å². The molecule has 0 aromatic heterocycles. The van der Waals surface area contributed by atoms with Crippen LogP contribution in [-0.2, 0) is 6.61 Å². The van der Waals surface area contributed by atoms with Crippen molar-refractivity contribution in [2.75, 3.05) is 6.61 Å². The fourth-order valence-electron chi connectivity index (χ4n) is 1.64. The number of rotatable bonds is 1. The van der Waals surface area contributed by atoms with Gasteiger partial charge >= 0.3 is 0 Å². The first kappa shape index (κ1) is 23.2. The summed E-state index contributed by atoms with van der Waals surface area (Å²) >= 11 is 0. The molecule has 0 unspecified atom stereocenters. The molecule has 0 radical (unpaired) electrons. The number of benzene rings is 3. The molecule has 0 saturated heterocycles. The first-order valence-electron chi connectivity index (χ1n) is 8.28. The Balaban J connectivity index is 0.000000336. The van der Waals surface area contributed by atoms with Gasteiger partial charge in [0, 0.05) is 6.61 Å². The first-order chi connectivity index (χ1) is 12.5. The average Bonchev–Trinajstić information content (AvgIpc) is 2.65. The number of aryl methyl sites for hydroxylation is 1. The van der Waals surface area contributed by atoms with Crippen LogP contribution in [0.3, 0.4) is 0 Å². The summed E-state index contributed by atoms with van der Waals surface area (Å²) in [7, 11) is 0.